The number of halogens is 3. The summed E-state index contributed by atoms with van der Waals surface area (Å²) in [5.74, 6) is -2.26. The van der Waals surface area contributed by atoms with Crippen LogP contribution in [-0.2, 0) is 30.0 Å². The number of rotatable bonds is 16. The number of pyridine rings is 1. The number of alkyl halides is 3. The monoisotopic (exact) mass is 723 g/mol. The number of ether oxygens (including phenoxy) is 3. The van der Waals surface area contributed by atoms with E-state index < -0.39 is 35.0 Å². The highest BCUT2D eigenvalue weighted by Crippen LogP contribution is 2.32. The molecule has 2 aromatic carbocycles. The van der Waals surface area contributed by atoms with E-state index in [1.165, 1.54) is 36.1 Å². The van der Waals surface area contributed by atoms with Crippen LogP contribution in [0.5, 0.6) is 0 Å². The Labute approximate surface area is 296 Å². The highest BCUT2D eigenvalue weighted by molar-refractivity contribution is 6.35. The maximum Gasteiger partial charge on any atom is 0.416 e. The van der Waals surface area contributed by atoms with Crippen molar-refractivity contribution in [3.8, 4) is 28.7 Å². The molecule has 0 aliphatic rings. The van der Waals surface area contributed by atoms with Gasteiger partial charge in [-0.3, -0.25) is 23.7 Å². The van der Waals surface area contributed by atoms with Gasteiger partial charge in [-0.1, -0.05) is 6.07 Å². The molecular formula is C35H36F3N7O7. The van der Waals surface area contributed by atoms with Crippen LogP contribution in [-0.4, -0.2) is 91.8 Å². The van der Waals surface area contributed by atoms with E-state index in [2.05, 4.69) is 21.0 Å². The van der Waals surface area contributed by atoms with Gasteiger partial charge in [-0.25, -0.2) is 4.68 Å². The lowest BCUT2D eigenvalue weighted by atomic mass is 10.0. The van der Waals surface area contributed by atoms with Gasteiger partial charge in [-0.15, -0.1) is 0 Å². The summed E-state index contributed by atoms with van der Waals surface area (Å²) in [6, 6.07) is 15.9. The maximum absolute atomic E-state index is 13.8. The molecule has 0 aliphatic carbocycles. The van der Waals surface area contributed by atoms with Gasteiger partial charge in [0.15, 0.2) is 0 Å². The Kier molecular flexibility index (Phi) is 13.8. The highest BCUT2D eigenvalue weighted by atomic mass is 19.4. The molecular weight excluding hydrogens is 687 g/mol. The van der Waals surface area contributed by atoms with Gasteiger partial charge < -0.3 is 30.2 Å². The first-order valence-electron chi connectivity index (χ1n) is 16.0. The molecule has 0 bridgehead atoms. The van der Waals surface area contributed by atoms with Gasteiger partial charge in [-0.2, -0.15) is 23.5 Å². The lowest BCUT2D eigenvalue weighted by molar-refractivity contribution is -0.139. The van der Waals surface area contributed by atoms with E-state index in [1.54, 1.807) is 37.3 Å². The molecule has 3 N–H and O–H groups in total. The van der Waals surface area contributed by atoms with Gasteiger partial charge in [0.1, 0.15) is 5.56 Å². The van der Waals surface area contributed by atoms with Crippen LogP contribution in [0, 0.1) is 18.3 Å². The van der Waals surface area contributed by atoms with Crippen LogP contribution in [0.4, 0.5) is 13.2 Å². The summed E-state index contributed by atoms with van der Waals surface area (Å²) in [4.78, 5) is 49.7. The van der Waals surface area contributed by atoms with E-state index in [4.69, 9.17) is 14.2 Å². The number of aromatic nitrogens is 3. The fraction of sp³-hybridized carbons (Fsp3) is 0.314. The zero-order valence-electron chi connectivity index (χ0n) is 28.3. The number of nitrogens with zero attached hydrogens (tertiary/aromatic N) is 4. The SMILES string of the molecule is CNC(=O)C(=O)NCCOCCOCCOCCNC(=O)c1cc(-c2ccnn2-c2ccc(C#N)cc2)c(C)n(-c2cccc(C(F)(F)F)c2)c1=O. The molecule has 14 nitrogen and oxygen atoms in total. The summed E-state index contributed by atoms with van der Waals surface area (Å²) in [6.45, 7) is 2.91. The molecule has 0 fully saturated rings. The number of hydrogen-bond donors (Lipinski definition) is 3. The number of nitrogens with one attached hydrogen (secondary N) is 3. The van der Waals surface area contributed by atoms with Gasteiger partial charge in [0.2, 0.25) is 0 Å². The first-order chi connectivity index (χ1) is 25.0. The number of benzene rings is 2. The van der Waals surface area contributed by atoms with Crippen LogP contribution in [0.25, 0.3) is 22.6 Å². The number of nitriles is 1. The molecule has 0 atom stereocenters. The fourth-order valence-electron chi connectivity index (χ4n) is 4.95. The molecule has 2 heterocycles. The van der Waals surface area contributed by atoms with Crippen molar-refractivity contribution in [2.45, 2.75) is 13.1 Å². The van der Waals surface area contributed by atoms with Crippen LogP contribution >= 0.6 is 0 Å². The van der Waals surface area contributed by atoms with E-state index in [-0.39, 0.29) is 69.7 Å². The summed E-state index contributed by atoms with van der Waals surface area (Å²) in [6.07, 6.45) is -3.17. The second-order valence-corrected chi connectivity index (χ2v) is 11.0. The topological polar surface area (TPSA) is 179 Å². The molecule has 0 spiro atoms. The lowest BCUT2D eigenvalue weighted by Gasteiger charge is -2.19. The smallest absolute Gasteiger partial charge is 0.377 e. The molecule has 0 aliphatic heterocycles. The minimum absolute atomic E-state index is 0.0130. The quantitative estimate of drug-likeness (QED) is 0.116. The number of carbonyl (C=O) groups excluding carboxylic acids is 3. The Balaban J connectivity index is 1.42. The third-order valence-electron chi connectivity index (χ3n) is 7.52. The van der Waals surface area contributed by atoms with Crippen molar-refractivity contribution in [3.05, 3.63) is 99.6 Å². The molecule has 0 saturated carbocycles. The second kappa shape index (κ2) is 18.4. The molecule has 17 heteroatoms. The molecule has 4 rings (SSSR count). The van der Waals surface area contributed by atoms with E-state index in [1.807, 2.05) is 6.07 Å². The molecule has 274 valence electrons. The van der Waals surface area contributed by atoms with Gasteiger partial charge in [-0.05, 0) is 61.5 Å². The summed E-state index contributed by atoms with van der Waals surface area (Å²) in [7, 11) is 1.35. The normalized spacial score (nSPS) is 11.2. The molecule has 0 unspecified atom stereocenters. The van der Waals surface area contributed by atoms with Crippen LogP contribution in [0.1, 0.15) is 27.2 Å². The number of likely N-dealkylation sites (N-methyl/N-ethyl adjacent to an activating group) is 1. The summed E-state index contributed by atoms with van der Waals surface area (Å²) in [5.41, 5.74) is -0.137. The van der Waals surface area contributed by atoms with E-state index in [0.717, 1.165) is 16.7 Å². The first-order valence-corrected chi connectivity index (χ1v) is 16.0. The van der Waals surface area contributed by atoms with Crippen molar-refractivity contribution in [3.63, 3.8) is 0 Å². The number of carbonyl (C=O) groups is 3. The Morgan fingerprint density at radius 3 is 2.10 bits per heavy atom. The third kappa shape index (κ3) is 10.1. The van der Waals surface area contributed by atoms with E-state index >= 15 is 0 Å². The van der Waals surface area contributed by atoms with E-state index in [0.29, 0.717) is 22.5 Å². The van der Waals surface area contributed by atoms with Gasteiger partial charge in [0.05, 0.1) is 74.4 Å². The summed E-state index contributed by atoms with van der Waals surface area (Å²) < 4.78 is 59.8. The minimum atomic E-state index is -4.67. The standard InChI is InChI=1S/C35H36F3N7O7/c1-23-28(30-10-11-43-45(30)26-8-6-24(22-39)7-9-26)21-29(34(49)44(23)27-5-3-4-25(20-27)35(36,37)38)31(46)41-12-14-50-16-18-52-19-17-51-15-13-42-33(48)32(47)40-2/h3-11,20-21H,12-19H2,1-2H3,(H,40,47)(H,41,46)(H,42,48). The van der Waals surface area contributed by atoms with Crippen LogP contribution < -0.4 is 21.5 Å². The zero-order valence-corrected chi connectivity index (χ0v) is 28.3. The minimum Gasteiger partial charge on any atom is -0.377 e. The van der Waals surface area contributed by atoms with E-state index in [9.17, 15) is 37.6 Å². The maximum atomic E-state index is 13.8. The highest BCUT2D eigenvalue weighted by Gasteiger charge is 2.31. The fourth-order valence-corrected chi connectivity index (χ4v) is 4.95. The molecule has 0 saturated heterocycles. The Hall–Kier alpha value is -5.83. The average Bonchev–Trinajstić information content (AvgIpc) is 3.62. The van der Waals surface area contributed by atoms with Gasteiger partial charge in [0, 0.05) is 37.1 Å². The van der Waals surface area contributed by atoms with Crippen molar-refractivity contribution in [2.75, 3.05) is 59.8 Å². The Bertz CT molecular complexity index is 1970. The molecule has 2 aromatic heterocycles. The van der Waals surface area contributed by atoms with Gasteiger partial charge in [0.25, 0.3) is 11.5 Å². The van der Waals surface area contributed by atoms with Crippen LogP contribution in [0.3, 0.4) is 0 Å². The Morgan fingerprint density at radius 1 is 0.846 bits per heavy atom. The number of amides is 3. The first kappa shape index (κ1) is 39.0. The van der Waals surface area contributed by atoms with Crippen LogP contribution in [0.15, 0.2) is 71.7 Å². The largest absolute Gasteiger partial charge is 0.416 e. The van der Waals surface area contributed by atoms with Crippen molar-refractivity contribution < 1.29 is 41.8 Å². The molecule has 3 amide bonds. The van der Waals surface area contributed by atoms with Crippen molar-refractivity contribution in [2.24, 2.45) is 0 Å². The second-order valence-electron chi connectivity index (χ2n) is 11.0. The predicted octanol–water partition coefficient (Wildman–Crippen LogP) is 2.53. The van der Waals surface area contributed by atoms with Crippen molar-refractivity contribution >= 4 is 17.7 Å². The molecule has 4 aromatic rings. The predicted molar refractivity (Wildman–Crippen MR) is 181 cm³/mol. The molecule has 0 radical (unpaired) electrons. The average molecular weight is 724 g/mol. The molecule has 52 heavy (non-hydrogen) atoms. The van der Waals surface area contributed by atoms with Gasteiger partial charge >= 0.3 is 18.0 Å². The zero-order chi connectivity index (χ0) is 37.7. The number of hydrogen-bond acceptors (Lipinski definition) is 9. The van der Waals surface area contributed by atoms with Crippen molar-refractivity contribution in [1.82, 2.24) is 30.3 Å². The Morgan fingerprint density at radius 2 is 1.48 bits per heavy atom. The third-order valence-corrected chi connectivity index (χ3v) is 7.52. The summed E-state index contributed by atoms with van der Waals surface area (Å²) in [5, 5.41) is 20.8. The van der Waals surface area contributed by atoms with Crippen LogP contribution in [0.2, 0.25) is 0 Å². The van der Waals surface area contributed by atoms with Crippen molar-refractivity contribution in [1.29, 1.82) is 5.26 Å². The summed E-state index contributed by atoms with van der Waals surface area (Å²) >= 11 is 0. The lowest BCUT2D eigenvalue weighted by Crippen LogP contribution is -2.39.